The number of carbonyl (C=O) groups excluding carboxylic acids is 1. The number of alkyl halides is 3. The zero-order valence-electron chi connectivity index (χ0n) is 21.2. The van der Waals surface area contributed by atoms with Crippen molar-refractivity contribution in [2.75, 3.05) is 38.0 Å². The highest BCUT2D eigenvalue weighted by Gasteiger charge is 2.34. The molecule has 0 bridgehead atoms. The molecule has 1 aliphatic rings. The highest BCUT2D eigenvalue weighted by atomic mass is 19.4. The number of aromatic nitrogens is 4. The van der Waals surface area contributed by atoms with Crippen molar-refractivity contribution in [1.29, 1.82) is 0 Å². The Bertz CT molecular complexity index is 1550. The fourth-order valence-electron chi connectivity index (χ4n) is 4.45. The predicted molar refractivity (Wildman–Crippen MR) is 140 cm³/mol. The Morgan fingerprint density at radius 3 is 2.59 bits per heavy atom. The fraction of sp³-hybridized carbons (Fsp3) is 0.286. The summed E-state index contributed by atoms with van der Waals surface area (Å²) in [6.07, 6.45) is 1.50. The first-order chi connectivity index (χ1) is 18.8. The van der Waals surface area contributed by atoms with Crippen molar-refractivity contribution < 1.29 is 18.0 Å². The molecule has 11 heteroatoms. The maximum atomic E-state index is 13.9. The van der Waals surface area contributed by atoms with E-state index in [4.69, 9.17) is 0 Å². The van der Waals surface area contributed by atoms with Gasteiger partial charge in [-0.05, 0) is 48.4 Å². The Labute approximate surface area is 223 Å². The molecule has 8 nitrogen and oxygen atoms in total. The number of hydrogen-bond acceptors (Lipinski definition) is 6. The van der Waals surface area contributed by atoms with E-state index < -0.39 is 17.6 Å². The molecule has 3 aromatic heterocycles. The molecular formula is C28H26F3N7O. The second-order valence-electron chi connectivity index (χ2n) is 9.18. The molecule has 0 saturated carbocycles. The number of imidazole rings is 1. The van der Waals surface area contributed by atoms with E-state index in [1.165, 1.54) is 30.6 Å². The monoisotopic (exact) mass is 533 g/mol. The summed E-state index contributed by atoms with van der Waals surface area (Å²) in [6.45, 7) is 6.30. The summed E-state index contributed by atoms with van der Waals surface area (Å²) < 4.78 is 43.4. The van der Waals surface area contributed by atoms with Crippen molar-refractivity contribution >= 4 is 17.2 Å². The number of pyridine rings is 1. The van der Waals surface area contributed by atoms with Crippen molar-refractivity contribution in [2.45, 2.75) is 19.6 Å². The number of carbonyl (C=O) groups is 1. The molecule has 0 aliphatic carbocycles. The van der Waals surface area contributed by atoms with Crippen molar-refractivity contribution in [1.82, 2.24) is 29.4 Å². The molecule has 1 saturated heterocycles. The lowest BCUT2D eigenvalue weighted by Crippen LogP contribution is -2.45. The first kappa shape index (κ1) is 26.3. The van der Waals surface area contributed by atoms with Crippen LogP contribution >= 0.6 is 0 Å². The van der Waals surface area contributed by atoms with Crippen molar-refractivity contribution in [3.8, 4) is 11.8 Å². The molecule has 0 radical (unpaired) electrons. The van der Waals surface area contributed by atoms with Gasteiger partial charge in [0.05, 0.1) is 17.3 Å². The number of halogens is 3. The number of nitrogens with zero attached hydrogens (tertiary/aromatic N) is 6. The lowest BCUT2D eigenvalue weighted by molar-refractivity contribution is -0.138. The lowest BCUT2D eigenvalue weighted by Gasteiger charge is -2.34. The molecular weight excluding hydrogens is 507 g/mol. The maximum absolute atomic E-state index is 13.9. The van der Waals surface area contributed by atoms with E-state index in [9.17, 15) is 18.0 Å². The van der Waals surface area contributed by atoms with Crippen LogP contribution in [0.3, 0.4) is 0 Å². The van der Waals surface area contributed by atoms with E-state index in [1.807, 2.05) is 4.90 Å². The van der Waals surface area contributed by atoms with E-state index in [0.717, 1.165) is 25.7 Å². The minimum Gasteiger partial charge on any atom is -0.322 e. The van der Waals surface area contributed by atoms with Crippen LogP contribution in [0.1, 0.15) is 39.7 Å². The van der Waals surface area contributed by atoms with Gasteiger partial charge in [0.1, 0.15) is 5.69 Å². The number of likely N-dealkylation sites (N-methyl/N-ethyl adjacent to an activating group) is 1. The van der Waals surface area contributed by atoms with Crippen molar-refractivity contribution in [3.63, 3.8) is 0 Å². The van der Waals surface area contributed by atoms with Crippen molar-refractivity contribution in [2.24, 2.45) is 0 Å². The van der Waals surface area contributed by atoms with Crippen LogP contribution in [-0.4, -0.2) is 68.0 Å². The molecule has 5 rings (SSSR count). The smallest absolute Gasteiger partial charge is 0.322 e. The standard InChI is InChI=1S/C28H26F3N7O/c1-2-36-10-12-37(13-11-36)19-21-6-7-23(15-25(21)28(29,30)31)35-27(39)22-14-20(16-32-17-22)5-8-24-18-33-26-4-3-9-34-38(24)26/h3-4,6-7,9,14-18H,2,10-13,19H2,1H3,(H,35,39). The zero-order chi connectivity index (χ0) is 27.4. The summed E-state index contributed by atoms with van der Waals surface area (Å²) >= 11 is 0. The number of amides is 1. The van der Waals surface area contributed by atoms with Gasteiger partial charge in [-0.3, -0.25) is 14.7 Å². The number of rotatable bonds is 5. The normalized spacial score (nSPS) is 14.7. The van der Waals surface area contributed by atoms with E-state index in [2.05, 4.69) is 44.0 Å². The van der Waals surface area contributed by atoms with E-state index in [0.29, 0.717) is 30.0 Å². The van der Waals surface area contributed by atoms with Gasteiger partial charge in [0.25, 0.3) is 5.91 Å². The topological polar surface area (TPSA) is 78.7 Å². The summed E-state index contributed by atoms with van der Waals surface area (Å²) in [6, 6.07) is 9.03. The molecule has 1 aliphatic heterocycles. The van der Waals surface area contributed by atoms with Crippen molar-refractivity contribution in [3.05, 3.63) is 89.1 Å². The van der Waals surface area contributed by atoms with Gasteiger partial charge in [0.2, 0.25) is 0 Å². The summed E-state index contributed by atoms with van der Waals surface area (Å²) in [5, 5.41) is 6.77. The summed E-state index contributed by atoms with van der Waals surface area (Å²) in [5.74, 6) is 5.30. The Hall–Kier alpha value is -4.27. The third-order valence-corrected chi connectivity index (χ3v) is 6.59. The predicted octanol–water partition coefficient (Wildman–Crippen LogP) is 3.93. The third kappa shape index (κ3) is 6.25. The van der Waals surface area contributed by atoms with Gasteiger partial charge < -0.3 is 10.2 Å². The highest BCUT2D eigenvalue weighted by molar-refractivity contribution is 6.04. The van der Waals surface area contributed by atoms with Crippen LogP contribution < -0.4 is 5.32 Å². The number of fused-ring (bicyclic) bond motifs is 1. The van der Waals surface area contributed by atoms with Gasteiger partial charge in [0, 0.05) is 62.6 Å². The van der Waals surface area contributed by atoms with E-state index >= 15 is 0 Å². The third-order valence-electron chi connectivity index (χ3n) is 6.59. The SMILES string of the molecule is CCN1CCN(Cc2ccc(NC(=O)c3cncc(C#Cc4cnc5cccnn45)c3)cc2C(F)(F)F)CC1. The van der Waals surface area contributed by atoms with E-state index in [-0.39, 0.29) is 23.4 Å². The van der Waals surface area contributed by atoms with Gasteiger partial charge >= 0.3 is 6.18 Å². The first-order valence-corrected chi connectivity index (χ1v) is 12.5. The Morgan fingerprint density at radius 2 is 1.82 bits per heavy atom. The second kappa shape index (κ2) is 11.2. The van der Waals surface area contributed by atoms with Gasteiger partial charge in [-0.15, -0.1) is 0 Å². The molecule has 1 aromatic carbocycles. The molecule has 4 aromatic rings. The number of benzene rings is 1. The molecule has 200 valence electrons. The highest BCUT2D eigenvalue weighted by Crippen LogP contribution is 2.34. The van der Waals surface area contributed by atoms with Gasteiger partial charge in [-0.2, -0.15) is 18.3 Å². The van der Waals surface area contributed by atoms with Crippen LogP contribution in [0.2, 0.25) is 0 Å². The quantitative estimate of drug-likeness (QED) is 0.392. The number of piperazine rings is 1. The Kier molecular flexibility index (Phi) is 7.58. The van der Waals surface area contributed by atoms with Gasteiger partial charge in [0.15, 0.2) is 5.65 Å². The number of hydrogen-bond donors (Lipinski definition) is 1. The summed E-state index contributed by atoms with van der Waals surface area (Å²) in [7, 11) is 0. The van der Waals surface area contributed by atoms with Gasteiger partial charge in [-0.1, -0.05) is 18.9 Å². The zero-order valence-corrected chi connectivity index (χ0v) is 21.2. The molecule has 1 amide bonds. The molecule has 4 heterocycles. The summed E-state index contributed by atoms with van der Waals surface area (Å²) in [5.41, 5.74) is 1.33. The van der Waals surface area contributed by atoms with Crippen LogP contribution in [0.15, 0.2) is 61.2 Å². The molecule has 0 spiro atoms. The number of anilines is 1. The van der Waals surface area contributed by atoms with Crippen LogP contribution in [0.25, 0.3) is 5.65 Å². The number of nitrogens with one attached hydrogen (secondary N) is 1. The largest absolute Gasteiger partial charge is 0.416 e. The molecule has 1 N–H and O–H groups in total. The average Bonchev–Trinajstić information content (AvgIpc) is 3.36. The Balaban J connectivity index is 1.31. The van der Waals surface area contributed by atoms with E-state index in [1.54, 1.807) is 29.0 Å². The van der Waals surface area contributed by atoms with Crippen LogP contribution in [0.4, 0.5) is 18.9 Å². The minimum atomic E-state index is -4.55. The second-order valence-corrected chi connectivity index (χ2v) is 9.18. The molecule has 1 fully saturated rings. The molecule has 39 heavy (non-hydrogen) atoms. The van der Waals surface area contributed by atoms with Crippen LogP contribution in [0.5, 0.6) is 0 Å². The lowest BCUT2D eigenvalue weighted by atomic mass is 10.0. The van der Waals surface area contributed by atoms with Gasteiger partial charge in [-0.25, -0.2) is 9.50 Å². The Morgan fingerprint density at radius 1 is 1.03 bits per heavy atom. The maximum Gasteiger partial charge on any atom is 0.416 e. The average molecular weight is 534 g/mol. The van der Waals surface area contributed by atoms with Crippen LogP contribution in [0, 0.1) is 11.8 Å². The first-order valence-electron chi connectivity index (χ1n) is 12.5. The minimum absolute atomic E-state index is 0.0557. The molecule has 0 unspecified atom stereocenters. The molecule has 0 atom stereocenters. The fourth-order valence-corrected chi connectivity index (χ4v) is 4.45. The van der Waals surface area contributed by atoms with Crippen LogP contribution in [-0.2, 0) is 12.7 Å². The summed E-state index contributed by atoms with van der Waals surface area (Å²) in [4.78, 5) is 25.5.